The Morgan fingerprint density at radius 1 is 1.17 bits per heavy atom. The molecule has 0 bridgehead atoms. The fourth-order valence-electron chi connectivity index (χ4n) is 3.72. The van der Waals surface area contributed by atoms with Gasteiger partial charge in [0.15, 0.2) is 0 Å². The maximum atomic E-state index is 10.6. The molecule has 1 unspecified atom stereocenters. The van der Waals surface area contributed by atoms with Crippen LogP contribution in [0.4, 0.5) is 5.82 Å². The summed E-state index contributed by atoms with van der Waals surface area (Å²) in [6, 6.07) is 5.55. The summed E-state index contributed by atoms with van der Waals surface area (Å²) in [5.41, 5.74) is 2.48. The van der Waals surface area contributed by atoms with Crippen LogP contribution in [0.1, 0.15) is 31.3 Å². The molecule has 152 valence electrons. The minimum Gasteiger partial charge on any atom is -0.507 e. The number of anilines is 1. The Bertz CT molecular complexity index is 1090. The average molecular weight is 396 g/mol. The summed E-state index contributed by atoms with van der Waals surface area (Å²) >= 11 is 0. The van der Waals surface area contributed by atoms with Gasteiger partial charge in [-0.15, -0.1) is 0 Å². The van der Waals surface area contributed by atoms with Crippen molar-refractivity contribution in [3.63, 3.8) is 0 Å². The van der Waals surface area contributed by atoms with E-state index in [4.69, 9.17) is 4.11 Å². The predicted octanol–water partition coefficient (Wildman–Crippen LogP) is 3.22. The van der Waals surface area contributed by atoms with E-state index in [0.717, 1.165) is 30.0 Å². The summed E-state index contributed by atoms with van der Waals surface area (Å²) in [6.45, 7) is 5.97. The third kappa shape index (κ3) is 4.40. The predicted molar refractivity (Wildman–Crippen MR) is 115 cm³/mol. The number of nitrogens with zero attached hydrogens (tertiary/aromatic N) is 5. The van der Waals surface area contributed by atoms with Crippen LogP contribution in [0.3, 0.4) is 0 Å². The first-order chi connectivity index (χ1) is 15.0. The molecule has 7 heteroatoms. The van der Waals surface area contributed by atoms with Crippen molar-refractivity contribution in [3.8, 4) is 28.1 Å². The molecule has 1 fully saturated rings. The summed E-state index contributed by atoms with van der Waals surface area (Å²) in [4.78, 5) is 11.3. The average Bonchev–Trinajstić information content (AvgIpc) is 3.36. The van der Waals surface area contributed by atoms with Gasteiger partial charge in [0, 0.05) is 53.1 Å². The van der Waals surface area contributed by atoms with Crippen LogP contribution in [0.25, 0.3) is 22.4 Å². The lowest BCUT2D eigenvalue weighted by Gasteiger charge is -2.26. The van der Waals surface area contributed by atoms with Crippen LogP contribution in [0.5, 0.6) is 5.75 Å². The number of nitrogens with one attached hydrogen (secondary N) is 1. The molecule has 3 aromatic rings. The molecule has 1 aliphatic rings. The van der Waals surface area contributed by atoms with Crippen LogP contribution in [0.2, 0.25) is 0 Å². The zero-order chi connectivity index (χ0) is 23.1. The summed E-state index contributed by atoms with van der Waals surface area (Å²) in [7, 11) is 0. The Balaban J connectivity index is 1.48. The molecule has 0 radical (unpaired) electrons. The number of hydrogen-bond acceptors (Lipinski definition) is 6. The molecule has 0 aliphatic carbocycles. The van der Waals surface area contributed by atoms with Gasteiger partial charge in [0.2, 0.25) is 0 Å². The smallest absolute Gasteiger partial charge is 0.147 e. The molecule has 1 aromatic carbocycles. The van der Waals surface area contributed by atoms with Crippen molar-refractivity contribution in [2.24, 2.45) is 6.98 Å². The first-order valence-corrected chi connectivity index (χ1v) is 9.73. The maximum Gasteiger partial charge on any atom is 0.147 e. The molecule has 3 heterocycles. The number of aryl methyl sites for hydroxylation is 1. The number of rotatable bonds is 4. The van der Waals surface area contributed by atoms with E-state index in [0.29, 0.717) is 28.4 Å². The van der Waals surface area contributed by atoms with Crippen LogP contribution in [0.15, 0.2) is 43.0 Å². The molecule has 0 spiro atoms. The van der Waals surface area contributed by atoms with Crippen LogP contribution in [-0.2, 0) is 6.98 Å². The highest BCUT2D eigenvalue weighted by atomic mass is 16.3. The molecular weight excluding hydrogens is 364 g/mol. The molecule has 1 saturated heterocycles. The molecular formula is C22H28N6O. The third-order valence-corrected chi connectivity index (χ3v) is 4.98. The van der Waals surface area contributed by atoms with Crippen molar-refractivity contribution in [3.05, 3.63) is 43.0 Å². The number of benzene rings is 1. The number of hydrogen-bond donors (Lipinski definition) is 2. The summed E-state index contributed by atoms with van der Waals surface area (Å²) in [5.74, 6) is 0.863. The quantitative estimate of drug-likeness (QED) is 0.706. The van der Waals surface area contributed by atoms with Gasteiger partial charge < -0.3 is 15.3 Å². The largest absolute Gasteiger partial charge is 0.507 e. The lowest BCUT2D eigenvalue weighted by Crippen LogP contribution is -2.44. The van der Waals surface area contributed by atoms with Gasteiger partial charge in [-0.1, -0.05) is 6.07 Å². The highest BCUT2D eigenvalue weighted by Gasteiger charge is 2.26. The van der Waals surface area contributed by atoms with Crippen LogP contribution < -0.4 is 10.2 Å². The molecule has 0 amide bonds. The van der Waals surface area contributed by atoms with Crippen LogP contribution in [-0.4, -0.2) is 49.5 Å². The third-order valence-electron chi connectivity index (χ3n) is 4.98. The van der Waals surface area contributed by atoms with Crippen LogP contribution in [0, 0.1) is 0 Å². The van der Waals surface area contributed by atoms with E-state index < -0.39 is 6.98 Å². The Kier molecular flexibility index (Phi) is 4.11. The molecule has 2 aromatic heterocycles. The van der Waals surface area contributed by atoms with Crippen molar-refractivity contribution < 1.29 is 9.22 Å². The second kappa shape index (κ2) is 7.48. The number of phenolic OH excluding ortho intramolecular Hbond substituents is 1. The number of aromatic nitrogens is 4. The Labute approximate surface area is 175 Å². The molecule has 29 heavy (non-hydrogen) atoms. The second-order valence-corrected chi connectivity index (χ2v) is 8.49. The van der Waals surface area contributed by atoms with Crippen molar-refractivity contribution in [1.82, 2.24) is 25.1 Å². The standard InChI is InChI=1S/C22H28N6O/c1-22(2,3)26-17-7-8-28(14-17)21-12-23-19(11-24-21)18-6-5-15(9-20(18)29)16-10-25-27(4)13-16/h5-6,9-13,17,26,29H,7-8,14H2,1-4H3/i4D3. The van der Waals surface area contributed by atoms with E-state index in [2.05, 4.69) is 46.1 Å². The Morgan fingerprint density at radius 3 is 2.69 bits per heavy atom. The topological polar surface area (TPSA) is 79.1 Å². The van der Waals surface area contributed by atoms with Gasteiger partial charge >= 0.3 is 0 Å². The van der Waals surface area contributed by atoms with Gasteiger partial charge in [0.05, 0.1) is 24.3 Å². The zero-order valence-corrected chi connectivity index (χ0v) is 16.9. The lowest BCUT2D eigenvalue weighted by atomic mass is 10.0. The van der Waals surface area contributed by atoms with Gasteiger partial charge in [0.25, 0.3) is 0 Å². The van der Waals surface area contributed by atoms with Gasteiger partial charge in [-0.05, 0) is 44.9 Å². The highest BCUT2D eigenvalue weighted by molar-refractivity contribution is 5.73. The number of aromatic hydroxyl groups is 1. The van der Waals surface area contributed by atoms with E-state index in [1.807, 2.05) is 0 Å². The Morgan fingerprint density at radius 2 is 2.03 bits per heavy atom. The van der Waals surface area contributed by atoms with Crippen molar-refractivity contribution in [2.75, 3.05) is 18.0 Å². The molecule has 0 saturated carbocycles. The van der Waals surface area contributed by atoms with Crippen molar-refractivity contribution >= 4 is 5.82 Å². The van der Waals surface area contributed by atoms with E-state index in [9.17, 15) is 5.11 Å². The van der Waals surface area contributed by atoms with E-state index in [-0.39, 0.29) is 11.3 Å². The fourth-order valence-corrected chi connectivity index (χ4v) is 3.72. The first kappa shape index (κ1) is 15.9. The fraction of sp³-hybridized carbons (Fsp3) is 0.409. The minimum absolute atomic E-state index is 0.0433. The van der Waals surface area contributed by atoms with Crippen molar-refractivity contribution in [2.45, 2.75) is 38.8 Å². The Hall–Kier alpha value is -2.93. The first-order valence-electron chi connectivity index (χ1n) is 11.2. The monoisotopic (exact) mass is 395 g/mol. The summed E-state index contributed by atoms with van der Waals surface area (Å²) < 4.78 is 23.2. The molecule has 4 rings (SSSR count). The SMILES string of the molecule is [2H]C([2H])([2H])n1cc(-c2ccc(-c3cnc(N4CCC(NC(C)(C)C)C4)cn3)c(O)c2)cn1. The van der Waals surface area contributed by atoms with Gasteiger partial charge in [0.1, 0.15) is 11.6 Å². The van der Waals surface area contributed by atoms with E-state index in [1.54, 1.807) is 30.6 Å². The lowest BCUT2D eigenvalue weighted by molar-refractivity contribution is 0.373. The van der Waals surface area contributed by atoms with E-state index in [1.165, 1.54) is 12.4 Å². The summed E-state index contributed by atoms with van der Waals surface area (Å²) in [5, 5.41) is 18.1. The van der Waals surface area contributed by atoms with Gasteiger partial charge in [-0.3, -0.25) is 9.67 Å². The molecule has 1 aliphatic heterocycles. The second-order valence-electron chi connectivity index (χ2n) is 8.49. The number of phenols is 1. The molecule has 1 atom stereocenters. The van der Waals surface area contributed by atoms with Gasteiger partial charge in [-0.2, -0.15) is 5.10 Å². The normalized spacial score (nSPS) is 19.1. The molecule has 7 nitrogen and oxygen atoms in total. The van der Waals surface area contributed by atoms with Crippen molar-refractivity contribution in [1.29, 1.82) is 0 Å². The summed E-state index contributed by atoms with van der Waals surface area (Å²) in [6.07, 6.45) is 7.37. The van der Waals surface area contributed by atoms with E-state index >= 15 is 0 Å². The van der Waals surface area contributed by atoms with Gasteiger partial charge in [-0.25, -0.2) is 4.98 Å². The molecule has 2 N–H and O–H groups in total. The highest BCUT2D eigenvalue weighted by Crippen LogP contribution is 2.32. The van der Waals surface area contributed by atoms with Crippen LogP contribution >= 0.6 is 0 Å². The maximum absolute atomic E-state index is 10.6. The minimum atomic E-state index is -2.34. The zero-order valence-electron chi connectivity index (χ0n) is 19.9.